The number of aromatic hydroxyl groups is 1. The summed E-state index contributed by atoms with van der Waals surface area (Å²) in [5.41, 5.74) is 2.45. The maximum absolute atomic E-state index is 12.2. The molecule has 3 rings (SSSR count). The number of aromatic nitrogens is 2. The number of aromatic amines is 1. The summed E-state index contributed by atoms with van der Waals surface area (Å²) in [4.78, 5) is 24.2. The van der Waals surface area contributed by atoms with Crippen LogP contribution in [0.2, 0.25) is 0 Å². The number of hydrogen-bond acceptors (Lipinski definition) is 4. The number of carbonyl (C=O) groups excluding carboxylic acids is 1. The molecule has 0 saturated carbocycles. The smallest absolute Gasteiger partial charge is 0.267 e. The zero-order valence-electron chi connectivity index (χ0n) is 14.0. The number of aliphatic hydroxyl groups is 1. The molecule has 25 heavy (non-hydrogen) atoms. The van der Waals surface area contributed by atoms with Gasteiger partial charge in [0.1, 0.15) is 5.75 Å². The van der Waals surface area contributed by atoms with E-state index in [9.17, 15) is 19.8 Å². The zero-order chi connectivity index (χ0) is 17.8. The van der Waals surface area contributed by atoms with Crippen molar-refractivity contribution in [3.05, 3.63) is 51.4 Å². The minimum atomic E-state index is -0.572. The Morgan fingerprint density at radius 2 is 2.12 bits per heavy atom. The van der Waals surface area contributed by atoms with E-state index in [4.69, 9.17) is 0 Å². The van der Waals surface area contributed by atoms with E-state index in [0.29, 0.717) is 12.1 Å². The van der Waals surface area contributed by atoms with Crippen molar-refractivity contribution in [2.24, 2.45) is 0 Å². The van der Waals surface area contributed by atoms with Crippen LogP contribution in [-0.4, -0.2) is 32.5 Å². The van der Waals surface area contributed by atoms with Crippen LogP contribution in [0.3, 0.4) is 0 Å². The molecule has 7 heteroatoms. The summed E-state index contributed by atoms with van der Waals surface area (Å²) in [6, 6.07) is 5.88. The summed E-state index contributed by atoms with van der Waals surface area (Å²) in [6.45, 7) is 0.138. The monoisotopic (exact) mass is 345 g/mol. The highest BCUT2D eigenvalue weighted by atomic mass is 16.3. The molecule has 1 atom stereocenters. The van der Waals surface area contributed by atoms with Crippen molar-refractivity contribution in [1.82, 2.24) is 15.1 Å². The highest BCUT2D eigenvalue weighted by Crippen LogP contribution is 2.19. The quantitative estimate of drug-likeness (QED) is 0.626. The minimum absolute atomic E-state index is 0.0527. The molecule has 1 amide bonds. The third kappa shape index (κ3) is 3.93. The Morgan fingerprint density at radius 3 is 2.88 bits per heavy atom. The van der Waals surface area contributed by atoms with Crippen LogP contribution in [0, 0.1) is 0 Å². The van der Waals surface area contributed by atoms with E-state index in [0.717, 1.165) is 36.9 Å². The fraction of sp³-hybridized carbons (Fsp3) is 0.444. The van der Waals surface area contributed by atoms with Gasteiger partial charge in [-0.25, -0.2) is 0 Å². The lowest BCUT2D eigenvalue weighted by atomic mass is 9.98. The number of aryl methyl sites for hydroxylation is 1. The van der Waals surface area contributed by atoms with Crippen LogP contribution < -0.4 is 10.9 Å². The molecule has 1 aliphatic carbocycles. The predicted octanol–water partition coefficient (Wildman–Crippen LogP) is 1.00. The van der Waals surface area contributed by atoms with E-state index in [1.54, 1.807) is 16.8 Å². The number of carbonyl (C=O) groups is 1. The Hall–Kier alpha value is -2.54. The first kappa shape index (κ1) is 17.3. The Kier molecular flexibility index (Phi) is 5.23. The molecular formula is C18H23N3O4. The molecular weight excluding hydrogens is 322 g/mol. The summed E-state index contributed by atoms with van der Waals surface area (Å²) < 4.78 is 1.78. The number of fused-ring (bicyclic) bond motifs is 1. The fourth-order valence-corrected chi connectivity index (χ4v) is 3.34. The number of phenolic OH excluding ortho intramolecular Hbond substituents is 1. The van der Waals surface area contributed by atoms with E-state index in [1.807, 2.05) is 0 Å². The lowest BCUT2D eigenvalue weighted by Gasteiger charge is -2.18. The summed E-state index contributed by atoms with van der Waals surface area (Å²) in [6.07, 6.45) is 3.95. The summed E-state index contributed by atoms with van der Waals surface area (Å²) >= 11 is 0. The van der Waals surface area contributed by atoms with Crippen LogP contribution in [0.4, 0.5) is 0 Å². The Labute approximate surface area is 145 Å². The van der Waals surface area contributed by atoms with Gasteiger partial charge in [0.15, 0.2) is 0 Å². The second-order valence-corrected chi connectivity index (χ2v) is 6.37. The number of H-pyrrole nitrogens is 1. The third-order valence-electron chi connectivity index (χ3n) is 4.63. The molecule has 1 aromatic carbocycles. The first-order chi connectivity index (χ1) is 12.1. The number of amides is 1. The van der Waals surface area contributed by atoms with Crippen molar-refractivity contribution < 1.29 is 15.0 Å². The van der Waals surface area contributed by atoms with Crippen LogP contribution in [0.15, 0.2) is 29.1 Å². The number of benzene rings is 1. The standard InChI is InChI=1S/C18H23N3O4/c22-11-15(12-4-3-5-13(23)10-12)19-17(24)8-9-21-16-7-2-1-6-14(16)18(25)20-21/h3-5,10,15,22-23H,1-2,6-9,11H2,(H,19,24)(H,20,25). The Balaban J connectivity index is 1.62. The SMILES string of the molecule is O=C(CCn1[nH]c(=O)c2c1CCCC2)NC(CO)c1cccc(O)c1. The average Bonchev–Trinajstić information content (AvgIpc) is 2.94. The van der Waals surface area contributed by atoms with Gasteiger partial charge in [-0.2, -0.15) is 0 Å². The number of phenols is 1. The van der Waals surface area contributed by atoms with Crippen molar-refractivity contribution in [3.8, 4) is 5.75 Å². The van der Waals surface area contributed by atoms with Crippen molar-refractivity contribution >= 4 is 5.91 Å². The lowest BCUT2D eigenvalue weighted by molar-refractivity contribution is -0.122. The fourth-order valence-electron chi connectivity index (χ4n) is 3.34. The van der Waals surface area contributed by atoms with E-state index in [1.165, 1.54) is 12.1 Å². The normalized spacial score (nSPS) is 14.8. The van der Waals surface area contributed by atoms with E-state index < -0.39 is 6.04 Å². The highest BCUT2D eigenvalue weighted by molar-refractivity contribution is 5.76. The first-order valence-electron chi connectivity index (χ1n) is 8.58. The van der Waals surface area contributed by atoms with Crippen LogP contribution in [0.1, 0.15) is 42.1 Å². The maximum atomic E-state index is 12.2. The van der Waals surface area contributed by atoms with Gasteiger partial charge in [-0.1, -0.05) is 12.1 Å². The number of rotatable bonds is 6. The summed E-state index contributed by atoms with van der Waals surface area (Å²) in [5.74, 6) is -0.136. The molecule has 0 spiro atoms. The molecule has 0 radical (unpaired) electrons. The minimum Gasteiger partial charge on any atom is -0.508 e. The van der Waals surface area contributed by atoms with Crippen LogP contribution in [0.25, 0.3) is 0 Å². The highest BCUT2D eigenvalue weighted by Gasteiger charge is 2.19. The van der Waals surface area contributed by atoms with Gasteiger partial charge in [0.25, 0.3) is 5.56 Å². The summed E-state index contributed by atoms with van der Waals surface area (Å²) in [5, 5.41) is 24.6. The largest absolute Gasteiger partial charge is 0.508 e. The van der Waals surface area contributed by atoms with Crippen molar-refractivity contribution in [3.63, 3.8) is 0 Å². The van der Waals surface area contributed by atoms with Crippen LogP contribution >= 0.6 is 0 Å². The van der Waals surface area contributed by atoms with Gasteiger partial charge in [0.2, 0.25) is 5.91 Å². The number of nitrogens with one attached hydrogen (secondary N) is 2. The topological polar surface area (TPSA) is 107 Å². The Bertz CT molecular complexity index is 809. The molecule has 7 nitrogen and oxygen atoms in total. The van der Waals surface area contributed by atoms with Crippen molar-refractivity contribution in [2.75, 3.05) is 6.61 Å². The second kappa shape index (κ2) is 7.57. The van der Waals surface area contributed by atoms with Gasteiger partial charge in [0, 0.05) is 24.2 Å². The third-order valence-corrected chi connectivity index (χ3v) is 4.63. The molecule has 1 aromatic heterocycles. The molecule has 1 heterocycles. The molecule has 1 aliphatic rings. The maximum Gasteiger partial charge on any atom is 0.267 e. The van der Waals surface area contributed by atoms with Gasteiger partial charge in [-0.3, -0.25) is 19.4 Å². The predicted molar refractivity (Wildman–Crippen MR) is 92.4 cm³/mol. The first-order valence-corrected chi connectivity index (χ1v) is 8.58. The van der Waals surface area contributed by atoms with E-state index >= 15 is 0 Å². The summed E-state index contributed by atoms with van der Waals surface area (Å²) in [7, 11) is 0. The van der Waals surface area contributed by atoms with Crippen LogP contribution in [0.5, 0.6) is 5.75 Å². The number of hydrogen-bond donors (Lipinski definition) is 4. The second-order valence-electron chi connectivity index (χ2n) is 6.37. The van der Waals surface area contributed by atoms with Crippen molar-refractivity contribution in [2.45, 2.75) is 44.7 Å². The van der Waals surface area contributed by atoms with E-state index in [-0.39, 0.29) is 30.2 Å². The zero-order valence-corrected chi connectivity index (χ0v) is 14.0. The van der Waals surface area contributed by atoms with E-state index in [2.05, 4.69) is 10.4 Å². The molecule has 134 valence electrons. The molecule has 1 unspecified atom stereocenters. The van der Waals surface area contributed by atoms with Gasteiger partial charge in [-0.05, 0) is 43.4 Å². The van der Waals surface area contributed by atoms with Gasteiger partial charge >= 0.3 is 0 Å². The average molecular weight is 345 g/mol. The van der Waals surface area contributed by atoms with Crippen LogP contribution in [-0.2, 0) is 24.2 Å². The molecule has 0 bridgehead atoms. The van der Waals surface area contributed by atoms with Gasteiger partial charge < -0.3 is 15.5 Å². The van der Waals surface area contributed by atoms with Gasteiger partial charge in [-0.15, -0.1) is 0 Å². The molecule has 4 N–H and O–H groups in total. The lowest BCUT2D eigenvalue weighted by Crippen LogP contribution is -2.31. The van der Waals surface area contributed by atoms with Crippen molar-refractivity contribution in [1.29, 1.82) is 0 Å². The Morgan fingerprint density at radius 1 is 1.32 bits per heavy atom. The molecule has 0 fully saturated rings. The molecule has 0 aliphatic heterocycles. The molecule has 2 aromatic rings. The van der Waals surface area contributed by atoms with Gasteiger partial charge in [0.05, 0.1) is 12.6 Å². The number of nitrogens with zero attached hydrogens (tertiary/aromatic N) is 1. The number of aliphatic hydroxyl groups excluding tert-OH is 1. The molecule has 0 saturated heterocycles.